The zero-order valence-corrected chi connectivity index (χ0v) is 10.00. The van der Waals surface area contributed by atoms with Gasteiger partial charge in [0.05, 0.1) is 0 Å². The average Bonchev–Trinajstić information content (AvgIpc) is 2.29. The average molecular weight is 263 g/mol. The first-order chi connectivity index (χ1) is 8.42. The maximum Gasteiger partial charge on any atom is 0.573 e. The molecule has 2 N–H and O–H groups in total. The molecule has 1 unspecified atom stereocenters. The summed E-state index contributed by atoms with van der Waals surface area (Å²) in [6.45, 7) is 2.66. The van der Waals surface area contributed by atoms with Crippen molar-refractivity contribution in [1.29, 1.82) is 0 Å². The molecule has 1 rings (SSSR count). The minimum atomic E-state index is -4.69. The number of rotatable bonds is 6. The minimum absolute atomic E-state index is 0.0354. The first-order valence-corrected chi connectivity index (χ1v) is 5.57. The summed E-state index contributed by atoms with van der Waals surface area (Å²) in [5, 5.41) is 11.8. The highest BCUT2D eigenvalue weighted by atomic mass is 19.4. The van der Waals surface area contributed by atoms with E-state index in [2.05, 4.69) is 10.1 Å². The first kappa shape index (κ1) is 14.8. The van der Waals surface area contributed by atoms with Gasteiger partial charge in [-0.15, -0.1) is 13.2 Å². The second-order valence-electron chi connectivity index (χ2n) is 4.07. The molecule has 0 heterocycles. The molecule has 102 valence electrons. The Morgan fingerprint density at radius 2 is 2.00 bits per heavy atom. The molecule has 0 bridgehead atoms. The predicted molar refractivity (Wildman–Crippen MR) is 61.1 cm³/mol. The topological polar surface area (TPSA) is 41.5 Å². The summed E-state index contributed by atoms with van der Waals surface area (Å²) >= 11 is 0. The van der Waals surface area contributed by atoms with Crippen LogP contribution in [-0.2, 0) is 6.54 Å². The van der Waals surface area contributed by atoms with E-state index < -0.39 is 6.36 Å². The van der Waals surface area contributed by atoms with Crippen molar-refractivity contribution in [2.45, 2.75) is 19.8 Å². The van der Waals surface area contributed by atoms with Gasteiger partial charge in [-0.3, -0.25) is 0 Å². The lowest BCUT2D eigenvalue weighted by molar-refractivity contribution is -0.274. The van der Waals surface area contributed by atoms with Gasteiger partial charge >= 0.3 is 6.36 Å². The summed E-state index contributed by atoms with van der Waals surface area (Å²) < 4.78 is 40.4. The molecule has 0 saturated heterocycles. The molecule has 0 aliphatic carbocycles. The van der Waals surface area contributed by atoms with Crippen molar-refractivity contribution in [3.05, 3.63) is 29.8 Å². The van der Waals surface area contributed by atoms with E-state index in [0.29, 0.717) is 12.1 Å². The number of nitrogens with one attached hydrogen (secondary N) is 1. The van der Waals surface area contributed by atoms with Gasteiger partial charge in [-0.1, -0.05) is 25.1 Å². The molecule has 6 heteroatoms. The molecule has 0 radical (unpaired) electrons. The molecule has 1 aromatic rings. The van der Waals surface area contributed by atoms with Gasteiger partial charge in [0.2, 0.25) is 0 Å². The molecule has 0 aliphatic rings. The van der Waals surface area contributed by atoms with Crippen molar-refractivity contribution in [3.8, 4) is 5.75 Å². The van der Waals surface area contributed by atoms with Crippen molar-refractivity contribution in [2.24, 2.45) is 5.92 Å². The van der Waals surface area contributed by atoms with Gasteiger partial charge in [-0.2, -0.15) is 0 Å². The van der Waals surface area contributed by atoms with Gasteiger partial charge in [-0.25, -0.2) is 0 Å². The zero-order chi connectivity index (χ0) is 13.6. The Morgan fingerprint density at radius 3 is 2.61 bits per heavy atom. The normalized spacial score (nSPS) is 13.4. The van der Waals surface area contributed by atoms with Gasteiger partial charge in [0.25, 0.3) is 0 Å². The second kappa shape index (κ2) is 6.61. The molecule has 0 aliphatic heterocycles. The van der Waals surface area contributed by atoms with Crippen molar-refractivity contribution in [2.75, 3.05) is 13.2 Å². The van der Waals surface area contributed by atoms with Gasteiger partial charge in [-0.05, 0) is 12.0 Å². The lowest BCUT2D eigenvalue weighted by atomic mass is 10.1. The predicted octanol–water partition coefficient (Wildman–Crippen LogP) is 2.30. The van der Waals surface area contributed by atoms with E-state index in [-0.39, 0.29) is 24.8 Å². The Kier molecular flexibility index (Phi) is 5.43. The Hall–Kier alpha value is -1.27. The molecule has 0 saturated carbocycles. The number of hydrogen-bond donors (Lipinski definition) is 2. The second-order valence-corrected chi connectivity index (χ2v) is 4.07. The number of benzene rings is 1. The van der Waals surface area contributed by atoms with E-state index >= 15 is 0 Å². The number of hydrogen-bond acceptors (Lipinski definition) is 3. The lowest BCUT2D eigenvalue weighted by Gasteiger charge is -2.14. The summed E-state index contributed by atoms with van der Waals surface area (Å²) in [6, 6.07) is 5.98. The van der Waals surface area contributed by atoms with E-state index in [1.54, 1.807) is 12.1 Å². The van der Waals surface area contributed by atoms with Crippen LogP contribution in [0.1, 0.15) is 12.5 Å². The number of ether oxygens (including phenoxy) is 1. The number of aliphatic hydroxyl groups excluding tert-OH is 1. The van der Waals surface area contributed by atoms with Crippen LogP contribution in [0.3, 0.4) is 0 Å². The zero-order valence-electron chi connectivity index (χ0n) is 10.00. The highest BCUT2D eigenvalue weighted by molar-refractivity contribution is 5.33. The molecule has 0 aromatic heterocycles. The van der Waals surface area contributed by atoms with Crippen LogP contribution in [0.2, 0.25) is 0 Å². The molecule has 3 nitrogen and oxygen atoms in total. The lowest BCUT2D eigenvalue weighted by Crippen LogP contribution is -2.24. The molecule has 18 heavy (non-hydrogen) atoms. The van der Waals surface area contributed by atoms with Crippen LogP contribution in [0.25, 0.3) is 0 Å². The summed E-state index contributed by atoms with van der Waals surface area (Å²) in [5.41, 5.74) is 0.431. The Labute approximate surface area is 104 Å². The molecule has 1 atom stereocenters. The van der Waals surface area contributed by atoms with E-state index in [4.69, 9.17) is 5.11 Å². The fraction of sp³-hybridized carbons (Fsp3) is 0.500. The third-order valence-electron chi connectivity index (χ3n) is 2.32. The molecule has 1 aromatic carbocycles. The van der Waals surface area contributed by atoms with Crippen LogP contribution in [0.15, 0.2) is 24.3 Å². The maximum absolute atomic E-state index is 12.2. The van der Waals surface area contributed by atoms with E-state index in [0.717, 1.165) is 0 Å². The Morgan fingerprint density at radius 1 is 1.33 bits per heavy atom. The van der Waals surface area contributed by atoms with Gasteiger partial charge < -0.3 is 15.2 Å². The van der Waals surface area contributed by atoms with Crippen molar-refractivity contribution < 1.29 is 23.0 Å². The van der Waals surface area contributed by atoms with Crippen LogP contribution in [0.4, 0.5) is 13.2 Å². The van der Waals surface area contributed by atoms with Crippen LogP contribution in [0.5, 0.6) is 5.75 Å². The van der Waals surface area contributed by atoms with E-state index in [9.17, 15) is 13.2 Å². The quantitative estimate of drug-likeness (QED) is 0.827. The highest BCUT2D eigenvalue weighted by Gasteiger charge is 2.31. The monoisotopic (exact) mass is 263 g/mol. The summed E-state index contributed by atoms with van der Waals surface area (Å²) in [4.78, 5) is 0. The molecule has 0 fully saturated rings. The standard InChI is InChI=1S/C12H16F3NO2/c1-9(8-17)6-16-7-10-4-2-3-5-11(10)18-12(13,14)15/h2-5,9,16-17H,6-8H2,1H3. The van der Waals surface area contributed by atoms with Gasteiger partial charge in [0, 0.05) is 25.3 Å². The third kappa shape index (κ3) is 5.37. The number of aliphatic hydroxyl groups is 1. The smallest absolute Gasteiger partial charge is 0.405 e. The fourth-order valence-electron chi connectivity index (χ4n) is 1.39. The van der Waals surface area contributed by atoms with Gasteiger partial charge in [0.1, 0.15) is 5.75 Å². The van der Waals surface area contributed by atoms with Crippen LogP contribution < -0.4 is 10.1 Å². The molecular weight excluding hydrogens is 247 g/mol. The fourth-order valence-corrected chi connectivity index (χ4v) is 1.39. The Bertz CT molecular complexity index is 369. The number of para-hydroxylation sites is 1. The van der Waals surface area contributed by atoms with Gasteiger partial charge in [0.15, 0.2) is 0 Å². The molecule has 0 spiro atoms. The minimum Gasteiger partial charge on any atom is -0.405 e. The third-order valence-corrected chi connectivity index (χ3v) is 2.32. The van der Waals surface area contributed by atoms with Crippen LogP contribution >= 0.6 is 0 Å². The summed E-state index contributed by atoms with van der Waals surface area (Å²) in [5.74, 6) is -0.144. The summed E-state index contributed by atoms with van der Waals surface area (Å²) in [7, 11) is 0. The van der Waals surface area contributed by atoms with Crippen LogP contribution in [-0.4, -0.2) is 24.6 Å². The van der Waals surface area contributed by atoms with Crippen molar-refractivity contribution >= 4 is 0 Å². The summed E-state index contributed by atoms with van der Waals surface area (Å²) in [6.07, 6.45) is -4.69. The SMILES string of the molecule is CC(CO)CNCc1ccccc1OC(F)(F)F. The number of alkyl halides is 3. The largest absolute Gasteiger partial charge is 0.573 e. The molecular formula is C12H16F3NO2. The Balaban J connectivity index is 2.59. The van der Waals surface area contributed by atoms with E-state index in [1.807, 2.05) is 6.92 Å². The number of halogens is 3. The van der Waals surface area contributed by atoms with Crippen molar-refractivity contribution in [3.63, 3.8) is 0 Å². The molecule has 0 amide bonds. The van der Waals surface area contributed by atoms with Crippen LogP contribution in [0, 0.1) is 5.92 Å². The highest BCUT2D eigenvalue weighted by Crippen LogP contribution is 2.25. The first-order valence-electron chi connectivity index (χ1n) is 5.57. The van der Waals surface area contributed by atoms with E-state index in [1.165, 1.54) is 12.1 Å². The maximum atomic E-state index is 12.2. The van der Waals surface area contributed by atoms with Crippen molar-refractivity contribution in [1.82, 2.24) is 5.32 Å².